The van der Waals surface area contributed by atoms with Crippen molar-refractivity contribution in [2.24, 2.45) is 0 Å². The number of rotatable bonds is 7. The molecule has 1 aliphatic heterocycles. The quantitative estimate of drug-likeness (QED) is 0.211. The summed E-state index contributed by atoms with van der Waals surface area (Å²) >= 11 is 11.3. The highest BCUT2D eigenvalue weighted by Crippen LogP contribution is 2.35. The van der Waals surface area contributed by atoms with Crippen LogP contribution in [0.2, 0.25) is 5.02 Å². The van der Waals surface area contributed by atoms with Crippen LogP contribution in [0.1, 0.15) is 18.1 Å². The van der Waals surface area contributed by atoms with Crippen LogP contribution >= 0.6 is 68.5 Å². The molecule has 162 valence electrons. The molecule has 10 heteroatoms. The molecule has 1 heterocycles. The number of thioether (sulfide) groups is 1. The van der Waals surface area contributed by atoms with E-state index in [1.54, 1.807) is 13.0 Å². The topological polar surface area (TPSA) is 72.9 Å². The second-order valence-electron chi connectivity index (χ2n) is 6.27. The molecule has 0 saturated carbocycles. The van der Waals surface area contributed by atoms with Gasteiger partial charge in [-0.25, -0.2) is 0 Å². The summed E-state index contributed by atoms with van der Waals surface area (Å²) in [5.74, 6) is -0.407. The Bertz CT molecular complexity index is 1050. The highest BCUT2D eigenvalue weighted by molar-refractivity contribution is 14.1. The van der Waals surface area contributed by atoms with Gasteiger partial charge in [-0.15, -0.1) is 0 Å². The van der Waals surface area contributed by atoms with E-state index in [4.69, 9.17) is 21.1 Å². The summed E-state index contributed by atoms with van der Waals surface area (Å²) in [5, 5.41) is 0.149. The van der Waals surface area contributed by atoms with E-state index in [2.05, 4.69) is 45.2 Å². The van der Waals surface area contributed by atoms with Gasteiger partial charge in [-0.1, -0.05) is 29.8 Å². The van der Waals surface area contributed by atoms with Crippen LogP contribution in [0.3, 0.4) is 0 Å². The van der Waals surface area contributed by atoms with Gasteiger partial charge in [-0.3, -0.25) is 19.3 Å². The zero-order valence-electron chi connectivity index (χ0n) is 16.2. The first-order valence-corrected chi connectivity index (χ1v) is 12.4. The average molecular weight is 684 g/mol. The normalized spacial score (nSPS) is 15.0. The molecule has 6 nitrogen and oxygen atoms in total. The van der Waals surface area contributed by atoms with Crippen LogP contribution in [-0.4, -0.2) is 35.2 Å². The van der Waals surface area contributed by atoms with Gasteiger partial charge in [-0.05, 0) is 93.7 Å². The highest BCUT2D eigenvalue weighted by atomic mass is 127. The fourth-order valence-corrected chi connectivity index (χ4v) is 5.85. The van der Waals surface area contributed by atoms with E-state index < -0.39 is 17.1 Å². The molecule has 0 unspecified atom stereocenters. The minimum absolute atomic E-state index is 0.187. The van der Waals surface area contributed by atoms with Crippen molar-refractivity contribution in [1.29, 1.82) is 0 Å². The number of carbonyl (C=O) groups excluding carboxylic acids is 3. The molecule has 0 spiro atoms. The molecule has 0 aliphatic carbocycles. The maximum absolute atomic E-state index is 12.6. The van der Waals surface area contributed by atoms with E-state index in [-0.39, 0.29) is 18.1 Å². The predicted octanol–water partition coefficient (Wildman–Crippen LogP) is 5.73. The number of esters is 1. The van der Waals surface area contributed by atoms with Gasteiger partial charge in [0.15, 0.2) is 0 Å². The molecule has 0 radical (unpaired) electrons. The van der Waals surface area contributed by atoms with Crippen molar-refractivity contribution in [3.05, 3.63) is 64.6 Å². The number of imide groups is 1. The Hall–Kier alpha value is -1.31. The molecule has 0 N–H and O–H groups in total. The lowest BCUT2D eigenvalue weighted by Crippen LogP contribution is -2.34. The fourth-order valence-electron chi connectivity index (χ4n) is 2.69. The van der Waals surface area contributed by atoms with E-state index >= 15 is 0 Å². The third kappa shape index (κ3) is 6.14. The lowest BCUT2D eigenvalue weighted by molar-refractivity contribution is -0.145. The Morgan fingerprint density at radius 1 is 1.19 bits per heavy atom. The second kappa shape index (κ2) is 11.0. The van der Waals surface area contributed by atoms with Crippen molar-refractivity contribution in [1.82, 2.24) is 4.90 Å². The second-order valence-corrected chi connectivity index (χ2v) is 9.99. The Balaban J connectivity index is 1.76. The SMILES string of the molecule is CCOC(=O)CN1C(=O)S/C(=C/c2cc(I)c(OCc3ccccc3Cl)c(I)c2)C1=O. The molecule has 31 heavy (non-hydrogen) atoms. The molecule has 0 bridgehead atoms. The molecule has 1 aliphatic rings. The summed E-state index contributed by atoms with van der Waals surface area (Å²) in [4.78, 5) is 37.5. The summed E-state index contributed by atoms with van der Waals surface area (Å²) in [6.45, 7) is 1.79. The van der Waals surface area contributed by atoms with Gasteiger partial charge < -0.3 is 9.47 Å². The summed E-state index contributed by atoms with van der Waals surface area (Å²) in [6.07, 6.45) is 1.64. The van der Waals surface area contributed by atoms with E-state index in [0.29, 0.717) is 17.4 Å². The van der Waals surface area contributed by atoms with Crippen LogP contribution in [0.4, 0.5) is 4.79 Å². The van der Waals surface area contributed by atoms with Gasteiger partial charge in [0, 0.05) is 10.6 Å². The van der Waals surface area contributed by atoms with Crippen molar-refractivity contribution < 1.29 is 23.9 Å². The molecular formula is C21H16ClI2NO5S. The Morgan fingerprint density at radius 3 is 2.52 bits per heavy atom. The van der Waals surface area contributed by atoms with Crippen LogP contribution in [0, 0.1) is 7.14 Å². The maximum atomic E-state index is 12.6. The van der Waals surface area contributed by atoms with Gasteiger partial charge in [0.25, 0.3) is 11.1 Å². The number of nitrogens with zero attached hydrogens (tertiary/aromatic N) is 1. The summed E-state index contributed by atoms with van der Waals surface area (Å²) < 4.78 is 12.5. The Labute approximate surface area is 215 Å². The molecule has 2 amide bonds. The number of benzene rings is 2. The largest absolute Gasteiger partial charge is 0.487 e. The molecule has 1 fully saturated rings. The van der Waals surface area contributed by atoms with Crippen molar-refractivity contribution in [3.8, 4) is 5.75 Å². The van der Waals surface area contributed by atoms with Crippen LogP contribution in [0.15, 0.2) is 41.3 Å². The highest BCUT2D eigenvalue weighted by Gasteiger charge is 2.36. The van der Waals surface area contributed by atoms with Gasteiger partial charge in [0.05, 0.1) is 18.7 Å². The molecular weight excluding hydrogens is 668 g/mol. The lowest BCUT2D eigenvalue weighted by Gasteiger charge is -2.12. The number of hydrogen-bond donors (Lipinski definition) is 0. The van der Waals surface area contributed by atoms with E-state index in [1.807, 2.05) is 36.4 Å². The zero-order valence-corrected chi connectivity index (χ0v) is 22.1. The van der Waals surface area contributed by atoms with Crippen molar-refractivity contribution in [3.63, 3.8) is 0 Å². The van der Waals surface area contributed by atoms with Gasteiger partial charge in [0.2, 0.25) is 0 Å². The molecule has 0 aromatic heterocycles. The smallest absolute Gasteiger partial charge is 0.326 e. The Morgan fingerprint density at radius 2 is 1.87 bits per heavy atom. The van der Waals surface area contributed by atoms with Crippen LogP contribution in [0.25, 0.3) is 6.08 Å². The number of amides is 2. The molecule has 2 aromatic carbocycles. The average Bonchev–Trinajstić information content (AvgIpc) is 2.96. The van der Waals surface area contributed by atoms with Gasteiger partial charge >= 0.3 is 5.97 Å². The first kappa shape index (κ1) is 24.3. The van der Waals surface area contributed by atoms with Gasteiger partial charge in [0.1, 0.15) is 18.9 Å². The van der Waals surface area contributed by atoms with E-state index in [0.717, 1.165) is 34.9 Å². The Kier molecular flexibility index (Phi) is 8.65. The molecule has 0 atom stereocenters. The number of halogens is 3. The summed E-state index contributed by atoms with van der Waals surface area (Å²) in [5.41, 5.74) is 1.63. The van der Waals surface area contributed by atoms with Gasteiger partial charge in [-0.2, -0.15) is 0 Å². The third-order valence-corrected chi connectivity index (χ3v) is 6.99. The van der Waals surface area contributed by atoms with Crippen LogP contribution < -0.4 is 4.74 Å². The standard InChI is InChI=1S/C21H16ClI2NO5S/c1-2-29-18(26)10-25-20(27)17(31-21(25)28)9-12-7-15(23)19(16(24)8-12)30-11-13-5-3-4-6-14(13)22/h3-9H,2,10-11H2,1H3/b17-9+. The van der Waals surface area contributed by atoms with E-state index in [9.17, 15) is 14.4 Å². The van der Waals surface area contributed by atoms with Crippen molar-refractivity contribution >= 4 is 91.7 Å². The van der Waals surface area contributed by atoms with Crippen LogP contribution in [-0.2, 0) is 20.9 Å². The monoisotopic (exact) mass is 683 g/mol. The molecule has 2 aromatic rings. The third-order valence-electron chi connectivity index (χ3n) is 4.11. The van der Waals surface area contributed by atoms with E-state index in [1.165, 1.54) is 0 Å². The van der Waals surface area contributed by atoms with Crippen LogP contribution in [0.5, 0.6) is 5.75 Å². The zero-order chi connectivity index (χ0) is 22.5. The van der Waals surface area contributed by atoms with Crippen molar-refractivity contribution in [2.75, 3.05) is 13.2 Å². The maximum Gasteiger partial charge on any atom is 0.326 e. The number of carbonyl (C=O) groups is 3. The molecule has 3 rings (SSSR count). The lowest BCUT2D eigenvalue weighted by atomic mass is 10.2. The predicted molar refractivity (Wildman–Crippen MR) is 137 cm³/mol. The number of ether oxygens (including phenoxy) is 2. The summed E-state index contributed by atoms with van der Waals surface area (Å²) in [6, 6.07) is 11.2. The first-order valence-electron chi connectivity index (χ1n) is 9.06. The fraction of sp³-hybridized carbons (Fsp3) is 0.190. The molecule has 1 saturated heterocycles. The first-order chi connectivity index (χ1) is 14.8. The number of hydrogen-bond acceptors (Lipinski definition) is 6. The summed E-state index contributed by atoms with van der Waals surface area (Å²) in [7, 11) is 0. The minimum atomic E-state index is -0.616. The van der Waals surface area contributed by atoms with Crippen molar-refractivity contribution in [2.45, 2.75) is 13.5 Å². The minimum Gasteiger partial charge on any atom is -0.487 e.